The molecule has 0 fully saturated rings. The van der Waals surface area contributed by atoms with E-state index in [1.807, 2.05) is 0 Å². The van der Waals surface area contributed by atoms with Crippen LogP contribution in [-0.2, 0) is 6.54 Å². The number of phenolic OH excluding ortho intramolecular Hbond substituents is 1. The Labute approximate surface area is 121 Å². The predicted molar refractivity (Wildman–Crippen MR) is 79.8 cm³/mol. The molecule has 1 amide bonds. The van der Waals surface area contributed by atoms with E-state index in [4.69, 9.17) is 23.1 Å². The molecular weight excluding hydrogens is 278 g/mol. The van der Waals surface area contributed by atoms with E-state index < -0.39 is 5.91 Å². The zero-order valence-corrected chi connectivity index (χ0v) is 11.3. The van der Waals surface area contributed by atoms with E-state index in [1.54, 1.807) is 30.3 Å². The minimum atomic E-state index is -0.616. The second-order valence-corrected chi connectivity index (χ2v) is 4.68. The summed E-state index contributed by atoms with van der Waals surface area (Å²) in [5, 5.41) is 13.0. The molecule has 0 aromatic heterocycles. The summed E-state index contributed by atoms with van der Waals surface area (Å²) in [5.41, 5.74) is 12.9. The topological polar surface area (TPSA) is 101 Å². The van der Waals surface area contributed by atoms with E-state index in [0.29, 0.717) is 16.9 Å². The van der Waals surface area contributed by atoms with Crippen LogP contribution in [0.5, 0.6) is 5.75 Å². The van der Waals surface area contributed by atoms with Gasteiger partial charge in [0.15, 0.2) is 0 Å². The Bertz CT molecular complexity index is 659. The van der Waals surface area contributed by atoms with E-state index >= 15 is 0 Å². The average Bonchev–Trinajstić information content (AvgIpc) is 2.39. The van der Waals surface area contributed by atoms with Crippen LogP contribution in [0.25, 0.3) is 0 Å². The second kappa shape index (κ2) is 5.71. The van der Waals surface area contributed by atoms with Crippen LogP contribution in [0, 0.1) is 0 Å². The summed E-state index contributed by atoms with van der Waals surface area (Å²) in [7, 11) is 0. The van der Waals surface area contributed by atoms with Crippen LogP contribution in [0.3, 0.4) is 0 Å². The predicted octanol–water partition coefficient (Wildman–Crippen LogP) is 2.34. The van der Waals surface area contributed by atoms with Crippen molar-refractivity contribution in [3.05, 3.63) is 52.5 Å². The van der Waals surface area contributed by atoms with E-state index in [1.165, 1.54) is 6.07 Å². The smallest absolute Gasteiger partial charge is 0.252 e. The van der Waals surface area contributed by atoms with Gasteiger partial charge in [0.05, 0.1) is 10.6 Å². The first-order valence-electron chi connectivity index (χ1n) is 5.88. The van der Waals surface area contributed by atoms with Gasteiger partial charge in [0.1, 0.15) is 5.75 Å². The molecule has 0 saturated carbocycles. The average molecular weight is 292 g/mol. The highest BCUT2D eigenvalue weighted by Crippen LogP contribution is 2.26. The van der Waals surface area contributed by atoms with Crippen LogP contribution in [0.2, 0.25) is 5.02 Å². The third-order valence-corrected chi connectivity index (χ3v) is 3.15. The maximum absolute atomic E-state index is 11.4. The summed E-state index contributed by atoms with van der Waals surface area (Å²) >= 11 is 5.95. The first-order valence-corrected chi connectivity index (χ1v) is 6.26. The molecule has 2 aromatic rings. The number of carbonyl (C=O) groups is 1. The maximum Gasteiger partial charge on any atom is 0.252 e. The van der Waals surface area contributed by atoms with Crippen molar-refractivity contribution in [2.45, 2.75) is 6.54 Å². The summed E-state index contributed by atoms with van der Waals surface area (Å²) in [4.78, 5) is 11.4. The van der Waals surface area contributed by atoms with Gasteiger partial charge in [-0.1, -0.05) is 17.7 Å². The zero-order valence-electron chi connectivity index (χ0n) is 10.6. The van der Waals surface area contributed by atoms with Gasteiger partial charge in [-0.05, 0) is 30.3 Å². The minimum Gasteiger partial charge on any atom is -0.508 e. The lowest BCUT2D eigenvalue weighted by molar-refractivity contribution is 0.100. The molecule has 0 bridgehead atoms. The molecule has 0 aliphatic heterocycles. The molecule has 0 heterocycles. The molecule has 0 unspecified atom stereocenters. The number of amides is 1. The van der Waals surface area contributed by atoms with Gasteiger partial charge in [-0.25, -0.2) is 0 Å². The van der Waals surface area contributed by atoms with Gasteiger partial charge >= 0.3 is 0 Å². The molecule has 2 aromatic carbocycles. The summed E-state index contributed by atoms with van der Waals surface area (Å²) in [6.45, 7) is 0.289. The number of aromatic hydroxyl groups is 1. The van der Waals surface area contributed by atoms with Crippen molar-refractivity contribution in [1.29, 1.82) is 0 Å². The summed E-state index contributed by atoms with van der Waals surface area (Å²) in [6, 6.07) is 9.75. The van der Waals surface area contributed by atoms with Crippen LogP contribution in [0.4, 0.5) is 11.4 Å². The molecule has 104 valence electrons. The molecule has 0 spiro atoms. The fourth-order valence-corrected chi connectivity index (χ4v) is 2.13. The molecule has 0 aliphatic carbocycles. The molecule has 0 aliphatic rings. The lowest BCUT2D eigenvalue weighted by atomic mass is 10.1. The quantitative estimate of drug-likeness (QED) is 0.513. The van der Waals surface area contributed by atoms with Gasteiger partial charge in [0.2, 0.25) is 0 Å². The number of primary amides is 1. The molecular formula is C14H14ClN3O2. The van der Waals surface area contributed by atoms with E-state index in [0.717, 1.165) is 0 Å². The van der Waals surface area contributed by atoms with Crippen molar-refractivity contribution in [3.8, 4) is 5.75 Å². The zero-order chi connectivity index (χ0) is 14.7. The van der Waals surface area contributed by atoms with Gasteiger partial charge in [-0.2, -0.15) is 0 Å². The van der Waals surface area contributed by atoms with Crippen molar-refractivity contribution in [2.75, 3.05) is 11.1 Å². The van der Waals surface area contributed by atoms with Gasteiger partial charge in [0.25, 0.3) is 5.91 Å². The maximum atomic E-state index is 11.4. The number of nitrogens with two attached hydrogens (primary N) is 2. The number of nitrogen functional groups attached to an aromatic ring is 1. The molecule has 0 radical (unpaired) electrons. The number of benzene rings is 2. The Balaban J connectivity index is 2.25. The molecule has 0 saturated heterocycles. The SMILES string of the molecule is NC(=O)c1c(Cl)cccc1NCc1cc(N)ccc1O. The summed E-state index contributed by atoms with van der Waals surface area (Å²) in [6.07, 6.45) is 0. The van der Waals surface area contributed by atoms with Crippen molar-refractivity contribution in [3.63, 3.8) is 0 Å². The third-order valence-electron chi connectivity index (χ3n) is 2.83. The van der Waals surface area contributed by atoms with Crippen molar-refractivity contribution >= 4 is 28.9 Å². The summed E-state index contributed by atoms with van der Waals surface area (Å²) < 4.78 is 0. The fourth-order valence-electron chi connectivity index (χ4n) is 1.86. The molecule has 5 nitrogen and oxygen atoms in total. The number of hydrogen-bond acceptors (Lipinski definition) is 4. The van der Waals surface area contributed by atoms with Crippen molar-refractivity contribution in [2.24, 2.45) is 5.73 Å². The Morgan fingerprint density at radius 1 is 1.30 bits per heavy atom. The van der Waals surface area contributed by atoms with E-state index in [2.05, 4.69) is 5.32 Å². The largest absolute Gasteiger partial charge is 0.508 e. The third kappa shape index (κ3) is 2.95. The minimum absolute atomic E-state index is 0.120. The highest BCUT2D eigenvalue weighted by Gasteiger charge is 2.12. The van der Waals surface area contributed by atoms with Crippen molar-refractivity contribution < 1.29 is 9.90 Å². The Kier molecular flexibility index (Phi) is 4.00. The Morgan fingerprint density at radius 3 is 2.75 bits per heavy atom. The van der Waals surface area contributed by atoms with Gasteiger partial charge < -0.3 is 21.9 Å². The molecule has 0 atom stereocenters. The first-order chi connectivity index (χ1) is 9.49. The number of phenols is 1. The number of carbonyl (C=O) groups excluding carboxylic acids is 1. The highest BCUT2D eigenvalue weighted by molar-refractivity contribution is 6.34. The number of rotatable bonds is 4. The monoisotopic (exact) mass is 291 g/mol. The Morgan fingerprint density at radius 2 is 2.05 bits per heavy atom. The fraction of sp³-hybridized carbons (Fsp3) is 0.0714. The number of halogens is 1. The first kappa shape index (κ1) is 14.0. The summed E-state index contributed by atoms with van der Waals surface area (Å²) in [5.74, 6) is -0.496. The highest BCUT2D eigenvalue weighted by atomic mass is 35.5. The van der Waals surface area contributed by atoms with Crippen molar-refractivity contribution in [1.82, 2.24) is 0 Å². The molecule has 2 rings (SSSR count). The Hall–Kier alpha value is -2.40. The van der Waals surface area contributed by atoms with Gasteiger partial charge in [-0.3, -0.25) is 4.79 Å². The van der Waals surface area contributed by atoms with E-state index in [-0.39, 0.29) is 22.9 Å². The van der Waals surface area contributed by atoms with Gasteiger partial charge in [0, 0.05) is 23.5 Å². The van der Waals surface area contributed by atoms with Crippen LogP contribution in [0.15, 0.2) is 36.4 Å². The second-order valence-electron chi connectivity index (χ2n) is 4.27. The van der Waals surface area contributed by atoms with Gasteiger partial charge in [-0.15, -0.1) is 0 Å². The van der Waals surface area contributed by atoms with Crippen LogP contribution < -0.4 is 16.8 Å². The number of anilines is 2. The van der Waals surface area contributed by atoms with Crippen LogP contribution in [-0.4, -0.2) is 11.0 Å². The van der Waals surface area contributed by atoms with Crippen LogP contribution in [0.1, 0.15) is 15.9 Å². The number of hydrogen-bond donors (Lipinski definition) is 4. The van der Waals surface area contributed by atoms with Crippen LogP contribution >= 0.6 is 11.6 Å². The van der Waals surface area contributed by atoms with E-state index in [9.17, 15) is 9.90 Å². The molecule has 6 N–H and O–H groups in total. The standard InChI is InChI=1S/C14H14ClN3O2/c15-10-2-1-3-11(13(10)14(17)20)18-7-8-6-9(16)4-5-12(8)19/h1-6,18-19H,7,16H2,(H2,17,20). The number of nitrogens with one attached hydrogen (secondary N) is 1. The lowest BCUT2D eigenvalue weighted by Crippen LogP contribution is -2.15. The molecule has 20 heavy (non-hydrogen) atoms. The lowest BCUT2D eigenvalue weighted by Gasteiger charge is -2.12. The normalized spacial score (nSPS) is 10.2. The molecule has 6 heteroatoms.